The number of carbonyl (C=O) groups excluding carboxylic acids is 1. The van der Waals surface area contributed by atoms with Gasteiger partial charge >= 0.3 is 5.97 Å². The number of hydrogen-bond donors (Lipinski definition) is 1. The summed E-state index contributed by atoms with van der Waals surface area (Å²) in [5.74, 6) is -1.00. The Labute approximate surface area is 159 Å². The summed E-state index contributed by atoms with van der Waals surface area (Å²) in [4.78, 5) is 16.0. The summed E-state index contributed by atoms with van der Waals surface area (Å²) >= 11 is 12.5. The van der Waals surface area contributed by atoms with Crippen LogP contribution in [0, 0.1) is 5.82 Å². The van der Waals surface area contributed by atoms with E-state index < -0.39 is 17.8 Å². The van der Waals surface area contributed by atoms with E-state index in [2.05, 4.69) is 9.72 Å². The molecular formula is C19H15Cl2FN2O2. The van der Waals surface area contributed by atoms with Crippen LogP contribution in [-0.4, -0.2) is 24.1 Å². The third-order valence-corrected chi connectivity index (χ3v) is 4.67. The Hall–Kier alpha value is -2.21. The zero-order valence-electron chi connectivity index (χ0n) is 13.8. The predicted molar refractivity (Wildman–Crippen MR) is 101 cm³/mol. The lowest BCUT2D eigenvalue weighted by Gasteiger charge is -2.15. The Morgan fingerprint density at radius 2 is 1.96 bits per heavy atom. The van der Waals surface area contributed by atoms with Crippen LogP contribution in [0.5, 0.6) is 0 Å². The summed E-state index contributed by atoms with van der Waals surface area (Å²) in [6.45, 7) is 0. The first kappa shape index (κ1) is 18.6. The number of esters is 1. The van der Waals surface area contributed by atoms with Crippen molar-refractivity contribution in [2.45, 2.75) is 12.5 Å². The third kappa shape index (κ3) is 3.51. The molecule has 1 atom stereocenters. The number of halogens is 3. The molecule has 0 aliphatic rings. The number of nitrogens with two attached hydrogens (primary N) is 1. The van der Waals surface area contributed by atoms with Crippen molar-refractivity contribution in [1.82, 2.24) is 4.98 Å². The lowest BCUT2D eigenvalue weighted by Crippen LogP contribution is -2.33. The molecule has 0 bridgehead atoms. The number of carbonyl (C=O) groups is 1. The van der Waals surface area contributed by atoms with Crippen molar-refractivity contribution < 1.29 is 13.9 Å². The van der Waals surface area contributed by atoms with Crippen LogP contribution in [0.3, 0.4) is 0 Å². The predicted octanol–water partition coefficient (Wildman–Crippen LogP) is 4.39. The minimum atomic E-state index is -0.797. The highest BCUT2D eigenvalue weighted by Crippen LogP contribution is 2.39. The van der Waals surface area contributed by atoms with Gasteiger partial charge in [-0.25, -0.2) is 4.39 Å². The SMILES string of the molecule is COC(=O)[C@@H](N)Cc1ccc(-c2c(Cl)cc(F)cc2Cl)c2cccnc12. The van der Waals surface area contributed by atoms with E-state index in [4.69, 9.17) is 28.9 Å². The number of ether oxygens (including phenoxy) is 1. The minimum Gasteiger partial charge on any atom is -0.468 e. The molecule has 1 heterocycles. The molecule has 0 fully saturated rings. The average molecular weight is 393 g/mol. The fraction of sp³-hybridized carbons (Fsp3) is 0.158. The van der Waals surface area contributed by atoms with Crippen LogP contribution in [0.25, 0.3) is 22.0 Å². The van der Waals surface area contributed by atoms with E-state index in [1.54, 1.807) is 12.3 Å². The van der Waals surface area contributed by atoms with Gasteiger partial charge in [0.05, 0.1) is 22.7 Å². The van der Waals surface area contributed by atoms with Crippen LogP contribution in [-0.2, 0) is 16.0 Å². The quantitative estimate of drug-likeness (QED) is 0.668. The number of fused-ring (bicyclic) bond motifs is 1. The molecule has 0 amide bonds. The van der Waals surface area contributed by atoms with E-state index in [0.717, 1.165) is 16.5 Å². The highest BCUT2D eigenvalue weighted by atomic mass is 35.5. The van der Waals surface area contributed by atoms with Gasteiger partial charge in [-0.2, -0.15) is 0 Å². The number of methoxy groups -OCH3 is 1. The normalized spacial score (nSPS) is 12.2. The van der Waals surface area contributed by atoms with E-state index in [-0.39, 0.29) is 16.5 Å². The molecule has 0 saturated heterocycles. The maximum Gasteiger partial charge on any atom is 0.322 e. The first-order valence-corrected chi connectivity index (χ1v) is 8.53. The smallest absolute Gasteiger partial charge is 0.322 e. The summed E-state index contributed by atoms with van der Waals surface area (Å²) in [5, 5.41) is 1.19. The number of hydrogen-bond acceptors (Lipinski definition) is 4. The zero-order chi connectivity index (χ0) is 18.8. The molecule has 2 N–H and O–H groups in total. The summed E-state index contributed by atoms with van der Waals surface area (Å²) in [7, 11) is 1.29. The van der Waals surface area contributed by atoms with Gasteiger partial charge in [0.15, 0.2) is 0 Å². The van der Waals surface area contributed by atoms with Crippen molar-refractivity contribution >= 4 is 40.1 Å². The topological polar surface area (TPSA) is 65.2 Å². The van der Waals surface area contributed by atoms with Crippen LogP contribution >= 0.6 is 23.2 Å². The van der Waals surface area contributed by atoms with Crippen molar-refractivity contribution in [3.05, 3.63) is 64.0 Å². The van der Waals surface area contributed by atoms with Crippen LogP contribution in [0.15, 0.2) is 42.6 Å². The first-order valence-electron chi connectivity index (χ1n) is 7.77. The molecule has 3 rings (SSSR count). The van der Waals surface area contributed by atoms with E-state index in [9.17, 15) is 9.18 Å². The number of benzene rings is 2. The highest BCUT2D eigenvalue weighted by molar-refractivity contribution is 6.39. The Morgan fingerprint density at radius 1 is 1.27 bits per heavy atom. The molecule has 0 saturated carbocycles. The molecule has 0 radical (unpaired) electrons. The molecule has 0 aliphatic carbocycles. The maximum atomic E-state index is 13.5. The molecule has 3 aromatic rings. The van der Waals surface area contributed by atoms with Crippen LogP contribution in [0.2, 0.25) is 10.0 Å². The Bertz CT molecular complexity index is 971. The van der Waals surface area contributed by atoms with Gasteiger partial charge in [-0.1, -0.05) is 41.4 Å². The van der Waals surface area contributed by atoms with E-state index >= 15 is 0 Å². The van der Waals surface area contributed by atoms with Crippen molar-refractivity contribution in [3.63, 3.8) is 0 Å². The molecule has 0 aliphatic heterocycles. The van der Waals surface area contributed by atoms with Gasteiger partial charge in [0, 0.05) is 23.6 Å². The second-order valence-electron chi connectivity index (χ2n) is 5.75. The zero-order valence-corrected chi connectivity index (χ0v) is 15.3. The summed E-state index contributed by atoms with van der Waals surface area (Å²) in [6, 6.07) is 8.90. The van der Waals surface area contributed by atoms with Gasteiger partial charge < -0.3 is 10.5 Å². The molecule has 0 spiro atoms. The summed E-state index contributed by atoms with van der Waals surface area (Å²) < 4.78 is 18.2. The Morgan fingerprint density at radius 3 is 2.62 bits per heavy atom. The van der Waals surface area contributed by atoms with Gasteiger partial charge in [-0.3, -0.25) is 9.78 Å². The molecule has 7 heteroatoms. The maximum absolute atomic E-state index is 13.5. The lowest BCUT2D eigenvalue weighted by molar-refractivity contribution is -0.142. The molecule has 134 valence electrons. The molecular weight excluding hydrogens is 378 g/mol. The minimum absolute atomic E-state index is 0.208. The van der Waals surface area contributed by atoms with E-state index in [1.807, 2.05) is 18.2 Å². The van der Waals surface area contributed by atoms with Gasteiger partial charge in [-0.15, -0.1) is 0 Å². The fourth-order valence-corrected chi connectivity index (χ4v) is 3.55. The standard InChI is InChI=1S/C19H15Cl2FN2O2/c1-26-19(25)16(23)7-10-4-5-12(13-3-2-6-24-18(10)13)17-14(20)8-11(22)9-15(17)21/h2-6,8-9,16H,7,23H2,1H3/t16-/m0/s1. The van der Waals surface area contributed by atoms with Crippen molar-refractivity contribution in [2.75, 3.05) is 7.11 Å². The first-order chi connectivity index (χ1) is 12.4. The largest absolute Gasteiger partial charge is 0.468 e. The number of pyridine rings is 1. The lowest BCUT2D eigenvalue weighted by atomic mass is 9.95. The number of nitrogens with zero attached hydrogens (tertiary/aromatic N) is 1. The van der Waals surface area contributed by atoms with Crippen LogP contribution in [0.4, 0.5) is 4.39 Å². The Kier molecular flexibility index (Phi) is 5.41. The molecule has 26 heavy (non-hydrogen) atoms. The van der Waals surface area contributed by atoms with Crippen molar-refractivity contribution in [3.8, 4) is 11.1 Å². The van der Waals surface area contributed by atoms with Crippen LogP contribution < -0.4 is 5.73 Å². The molecule has 1 aromatic heterocycles. The summed E-state index contributed by atoms with van der Waals surface area (Å²) in [6.07, 6.45) is 1.92. The number of rotatable bonds is 4. The monoisotopic (exact) mass is 392 g/mol. The van der Waals surface area contributed by atoms with E-state index in [1.165, 1.54) is 19.2 Å². The molecule has 0 unspecified atom stereocenters. The third-order valence-electron chi connectivity index (χ3n) is 4.07. The van der Waals surface area contributed by atoms with Crippen molar-refractivity contribution in [1.29, 1.82) is 0 Å². The molecule has 2 aromatic carbocycles. The molecule has 4 nitrogen and oxygen atoms in total. The van der Waals surface area contributed by atoms with Gasteiger partial charge in [0.2, 0.25) is 0 Å². The average Bonchev–Trinajstić information content (AvgIpc) is 2.61. The number of aromatic nitrogens is 1. The highest BCUT2D eigenvalue weighted by Gasteiger charge is 2.19. The van der Waals surface area contributed by atoms with Crippen LogP contribution in [0.1, 0.15) is 5.56 Å². The second kappa shape index (κ2) is 7.58. The second-order valence-corrected chi connectivity index (χ2v) is 6.56. The fourth-order valence-electron chi connectivity index (χ4n) is 2.89. The van der Waals surface area contributed by atoms with E-state index in [0.29, 0.717) is 11.1 Å². The summed E-state index contributed by atoms with van der Waals surface area (Å²) in [5.41, 5.74) is 8.58. The van der Waals surface area contributed by atoms with Gasteiger partial charge in [-0.05, 0) is 29.3 Å². The van der Waals surface area contributed by atoms with Gasteiger partial charge in [0.25, 0.3) is 0 Å². The van der Waals surface area contributed by atoms with Gasteiger partial charge in [0.1, 0.15) is 11.9 Å². The van der Waals surface area contributed by atoms with Crippen molar-refractivity contribution in [2.24, 2.45) is 5.73 Å². The Balaban J connectivity index is 2.17.